The molecule has 3 aromatic carbocycles. The average Bonchev–Trinajstić information content (AvgIpc) is 2.69. The molecule has 0 saturated carbocycles. The van der Waals surface area contributed by atoms with E-state index >= 15 is 0 Å². The number of aryl methyl sites for hydroxylation is 1. The van der Waals surface area contributed by atoms with E-state index in [9.17, 15) is 13.5 Å². The highest BCUT2D eigenvalue weighted by molar-refractivity contribution is 7.91. The van der Waals surface area contributed by atoms with Gasteiger partial charge in [-0.15, -0.1) is 0 Å². The van der Waals surface area contributed by atoms with Crippen LogP contribution in [0.25, 0.3) is 0 Å². The van der Waals surface area contributed by atoms with Gasteiger partial charge in [-0.1, -0.05) is 42.5 Å². The number of hydrogen-bond donors (Lipinski definition) is 2. The van der Waals surface area contributed by atoms with Gasteiger partial charge in [0.1, 0.15) is 5.75 Å². The summed E-state index contributed by atoms with van der Waals surface area (Å²) in [6.45, 7) is 1.69. The molecule has 0 aliphatic heterocycles. The van der Waals surface area contributed by atoms with Crippen LogP contribution in [0.4, 0.5) is 0 Å². The fourth-order valence-corrected chi connectivity index (χ4v) is 4.21. The van der Waals surface area contributed by atoms with Crippen LogP contribution in [0.5, 0.6) is 5.75 Å². The molecule has 0 spiro atoms. The van der Waals surface area contributed by atoms with Crippen LogP contribution in [0.3, 0.4) is 0 Å². The maximum absolute atomic E-state index is 12.7. The Morgan fingerprint density at radius 2 is 1.48 bits per heavy atom. The summed E-state index contributed by atoms with van der Waals surface area (Å²) in [4.78, 5) is 0.463. The van der Waals surface area contributed by atoms with Gasteiger partial charge < -0.3 is 10.4 Å². The molecule has 3 rings (SSSR count). The minimum atomic E-state index is -3.58. The van der Waals surface area contributed by atoms with Crippen LogP contribution in [0, 0.1) is 0 Å². The van der Waals surface area contributed by atoms with Gasteiger partial charge in [0.05, 0.1) is 9.79 Å². The molecule has 0 aliphatic rings. The normalized spacial score (nSPS) is 11.4. The average molecular weight is 381 g/mol. The Labute approximate surface area is 160 Å². The zero-order valence-corrected chi connectivity index (χ0v) is 15.8. The molecule has 0 aliphatic carbocycles. The molecule has 0 saturated heterocycles. The Balaban J connectivity index is 1.58. The molecule has 0 amide bonds. The minimum absolute atomic E-state index is 0.0469. The van der Waals surface area contributed by atoms with Crippen LogP contribution in [0.1, 0.15) is 17.5 Å². The Morgan fingerprint density at radius 1 is 0.778 bits per heavy atom. The summed E-state index contributed by atoms with van der Waals surface area (Å²) in [6, 6.07) is 22.9. The first-order valence-electron chi connectivity index (χ1n) is 8.93. The van der Waals surface area contributed by atoms with Crippen LogP contribution >= 0.6 is 0 Å². The van der Waals surface area contributed by atoms with Crippen molar-refractivity contribution in [3.8, 4) is 5.75 Å². The zero-order valence-electron chi connectivity index (χ0n) is 15.0. The molecule has 0 heterocycles. The lowest BCUT2D eigenvalue weighted by Crippen LogP contribution is -2.15. The Bertz CT molecular complexity index is 968. The van der Waals surface area contributed by atoms with Crippen molar-refractivity contribution < 1.29 is 13.5 Å². The maximum atomic E-state index is 12.7. The summed E-state index contributed by atoms with van der Waals surface area (Å²) in [5.41, 5.74) is 2.25. The number of rotatable bonds is 8. The highest BCUT2D eigenvalue weighted by atomic mass is 32.2. The van der Waals surface area contributed by atoms with E-state index in [1.807, 2.05) is 24.3 Å². The Kier molecular flexibility index (Phi) is 6.27. The topological polar surface area (TPSA) is 66.4 Å². The van der Waals surface area contributed by atoms with Crippen molar-refractivity contribution in [1.29, 1.82) is 0 Å². The van der Waals surface area contributed by atoms with Crippen LogP contribution in [0.2, 0.25) is 0 Å². The second-order valence-corrected chi connectivity index (χ2v) is 8.36. The molecule has 0 aromatic heterocycles. The molecule has 140 valence electrons. The van der Waals surface area contributed by atoms with E-state index in [0.717, 1.165) is 31.5 Å². The van der Waals surface area contributed by atoms with Gasteiger partial charge in [0.25, 0.3) is 0 Å². The lowest BCUT2D eigenvalue weighted by Gasteiger charge is -2.08. The van der Waals surface area contributed by atoms with Gasteiger partial charge in [-0.25, -0.2) is 8.42 Å². The number of phenols is 1. The second-order valence-electron chi connectivity index (χ2n) is 6.41. The van der Waals surface area contributed by atoms with Crippen molar-refractivity contribution in [1.82, 2.24) is 5.32 Å². The molecular formula is C22H23NO3S. The number of benzene rings is 3. The summed E-state index contributed by atoms with van der Waals surface area (Å²) in [7, 11) is -3.58. The van der Waals surface area contributed by atoms with Crippen molar-refractivity contribution in [3.05, 3.63) is 90.0 Å². The first-order valence-corrected chi connectivity index (χ1v) is 10.4. The molecule has 2 N–H and O–H groups in total. The fourth-order valence-electron chi connectivity index (χ4n) is 2.88. The molecule has 0 fully saturated rings. The third-order valence-corrected chi connectivity index (χ3v) is 6.11. The second kappa shape index (κ2) is 8.84. The summed E-state index contributed by atoms with van der Waals surface area (Å²) in [5.74, 6) is 0.0469. The molecule has 4 nitrogen and oxygen atoms in total. The van der Waals surface area contributed by atoms with Crippen LogP contribution in [0.15, 0.2) is 88.7 Å². The standard InChI is InChI=1S/C22H23NO3S/c24-20-11-13-21(14-12-20)27(25,26)22-10-4-8-18(16-22)9-5-15-23-17-19-6-2-1-3-7-19/h1-4,6-8,10-14,16,23-24H,5,9,15,17H2. The molecule has 0 bridgehead atoms. The molecule has 0 unspecified atom stereocenters. The van der Waals surface area contributed by atoms with Crippen molar-refractivity contribution in [2.24, 2.45) is 0 Å². The Morgan fingerprint density at radius 3 is 2.22 bits per heavy atom. The molecule has 5 heteroatoms. The van der Waals surface area contributed by atoms with Gasteiger partial charge in [-0.05, 0) is 66.9 Å². The van der Waals surface area contributed by atoms with Crippen LogP contribution < -0.4 is 5.32 Å². The summed E-state index contributed by atoms with van der Waals surface area (Å²) < 4.78 is 25.5. The van der Waals surface area contributed by atoms with E-state index in [2.05, 4.69) is 17.4 Å². The maximum Gasteiger partial charge on any atom is 0.206 e. The number of nitrogens with one attached hydrogen (secondary N) is 1. The van der Waals surface area contributed by atoms with Crippen molar-refractivity contribution in [2.45, 2.75) is 29.2 Å². The van der Waals surface area contributed by atoms with Gasteiger partial charge >= 0.3 is 0 Å². The van der Waals surface area contributed by atoms with Crippen molar-refractivity contribution >= 4 is 9.84 Å². The van der Waals surface area contributed by atoms with Crippen LogP contribution in [-0.4, -0.2) is 20.1 Å². The molecule has 3 aromatic rings. The number of hydrogen-bond acceptors (Lipinski definition) is 4. The lowest BCUT2D eigenvalue weighted by molar-refractivity contribution is 0.475. The largest absolute Gasteiger partial charge is 0.508 e. The predicted octanol–water partition coefficient (Wildman–Crippen LogP) is 3.95. The SMILES string of the molecule is O=S(=O)(c1ccc(O)cc1)c1cccc(CCCNCc2ccccc2)c1. The molecular weight excluding hydrogens is 358 g/mol. The van der Waals surface area contributed by atoms with Gasteiger partial charge in [-0.3, -0.25) is 0 Å². The van der Waals surface area contributed by atoms with E-state index in [4.69, 9.17) is 0 Å². The smallest absolute Gasteiger partial charge is 0.206 e. The first kappa shape index (κ1) is 19.1. The van der Waals surface area contributed by atoms with Crippen LogP contribution in [-0.2, 0) is 22.8 Å². The summed E-state index contributed by atoms with van der Waals surface area (Å²) >= 11 is 0. The molecule has 0 radical (unpaired) electrons. The van der Waals surface area contributed by atoms with E-state index in [1.54, 1.807) is 18.2 Å². The van der Waals surface area contributed by atoms with E-state index < -0.39 is 9.84 Å². The van der Waals surface area contributed by atoms with Crippen molar-refractivity contribution in [3.63, 3.8) is 0 Å². The van der Waals surface area contributed by atoms with Gasteiger partial charge in [0, 0.05) is 6.54 Å². The third-order valence-electron chi connectivity index (χ3n) is 4.35. The van der Waals surface area contributed by atoms with E-state index in [-0.39, 0.29) is 15.5 Å². The minimum Gasteiger partial charge on any atom is -0.508 e. The lowest BCUT2D eigenvalue weighted by atomic mass is 10.1. The van der Waals surface area contributed by atoms with Crippen molar-refractivity contribution in [2.75, 3.05) is 6.54 Å². The van der Waals surface area contributed by atoms with Gasteiger partial charge in [0.2, 0.25) is 9.84 Å². The van der Waals surface area contributed by atoms with Gasteiger partial charge in [0.15, 0.2) is 0 Å². The molecule has 0 atom stereocenters. The summed E-state index contributed by atoms with van der Waals surface area (Å²) in [6.07, 6.45) is 1.73. The molecule has 27 heavy (non-hydrogen) atoms. The highest BCUT2D eigenvalue weighted by Gasteiger charge is 2.17. The zero-order chi connectivity index (χ0) is 19.1. The first-order chi connectivity index (χ1) is 13.1. The van der Waals surface area contributed by atoms with Gasteiger partial charge in [-0.2, -0.15) is 0 Å². The number of sulfone groups is 1. The summed E-state index contributed by atoms with van der Waals surface area (Å²) in [5, 5.41) is 12.8. The van der Waals surface area contributed by atoms with E-state index in [0.29, 0.717) is 0 Å². The predicted molar refractivity (Wildman–Crippen MR) is 106 cm³/mol. The quantitative estimate of drug-likeness (QED) is 0.580. The number of phenolic OH excluding ortho intramolecular Hbond substituents is 1. The highest BCUT2D eigenvalue weighted by Crippen LogP contribution is 2.23. The third kappa shape index (κ3) is 5.18. The monoisotopic (exact) mass is 381 g/mol. The van der Waals surface area contributed by atoms with E-state index in [1.165, 1.54) is 29.8 Å². The fraction of sp³-hybridized carbons (Fsp3) is 0.182. The Hall–Kier alpha value is -2.63. The number of aromatic hydroxyl groups is 1.